The lowest BCUT2D eigenvalue weighted by atomic mass is 10.2. The van der Waals surface area contributed by atoms with Crippen molar-refractivity contribution in [1.29, 1.82) is 0 Å². The Hall–Kier alpha value is -1.56. The quantitative estimate of drug-likeness (QED) is 0.210. The van der Waals surface area contributed by atoms with Crippen LogP contribution in [0.1, 0.15) is 78.1 Å². The van der Waals surface area contributed by atoms with Gasteiger partial charge >= 0.3 is 0 Å². The van der Waals surface area contributed by atoms with E-state index in [1.165, 1.54) is 25.7 Å². The molecule has 0 amide bonds. The molecule has 0 aromatic rings. The van der Waals surface area contributed by atoms with Crippen molar-refractivity contribution in [3.05, 3.63) is 72.9 Å². The second-order valence-electron chi connectivity index (χ2n) is 5.91. The molecule has 0 saturated heterocycles. The first-order chi connectivity index (χ1) is 11.9. The van der Waals surface area contributed by atoms with E-state index in [1.54, 1.807) is 0 Å². The number of unbranched alkanes of at least 4 members (excludes halogenated alkanes) is 3. The first-order valence-corrected chi connectivity index (χ1v) is 9.81. The van der Waals surface area contributed by atoms with Crippen LogP contribution in [0.4, 0.5) is 0 Å². The summed E-state index contributed by atoms with van der Waals surface area (Å²) in [4.78, 5) is 0. The summed E-state index contributed by atoms with van der Waals surface area (Å²) in [7, 11) is 0. The maximum absolute atomic E-state index is 2.31. The number of hydrogen-bond acceptors (Lipinski definition) is 0. The Bertz CT molecular complexity index is 402. The van der Waals surface area contributed by atoms with Crippen molar-refractivity contribution in [2.75, 3.05) is 0 Å². The highest BCUT2D eigenvalue weighted by Crippen LogP contribution is 2.01. The van der Waals surface area contributed by atoms with Crippen LogP contribution in [0.5, 0.6) is 0 Å². The van der Waals surface area contributed by atoms with Crippen LogP contribution in [0.15, 0.2) is 72.9 Å². The first-order valence-electron chi connectivity index (χ1n) is 9.81. The Morgan fingerprint density at radius 3 is 1.17 bits per heavy atom. The predicted molar refractivity (Wildman–Crippen MR) is 112 cm³/mol. The van der Waals surface area contributed by atoms with Crippen molar-refractivity contribution < 1.29 is 0 Å². The van der Waals surface area contributed by atoms with Gasteiger partial charge in [0.15, 0.2) is 0 Å². The molecule has 0 rings (SSSR count). The van der Waals surface area contributed by atoms with Gasteiger partial charge in [0, 0.05) is 0 Å². The summed E-state index contributed by atoms with van der Waals surface area (Å²) < 4.78 is 0. The van der Waals surface area contributed by atoms with Crippen LogP contribution in [-0.2, 0) is 0 Å². The van der Waals surface area contributed by atoms with Gasteiger partial charge < -0.3 is 0 Å². The molecule has 0 aliphatic carbocycles. The third-order valence-electron chi connectivity index (χ3n) is 3.57. The summed E-state index contributed by atoms with van der Waals surface area (Å²) >= 11 is 0. The van der Waals surface area contributed by atoms with E-state index in [1.807, 2.05) is 0 Å². The molecular weight excluding hydrogens is 288 g/mol. The number of rotatable bonds is 15. The summed E-state index contributed by atoms with van der Waals surface area (Å²) in [6.45, 7) is 4.42. The highest BCUT2D eigenvalue weighted by atomic mass is 13.9. The van der Waals surface area contributed by atoms with Crippen molar-refractivity contribution in [2.24, 2.45) is 0 Å². The molecule has 0 aromatic carbocycles. The van der Waals surface area contributed by atoms with Crippen LogP contribution < -0.4 is 0 Å². The Morgan fingerprint density at radius 1 is 0.417 bits per heavy atom. The van der Waals surface area contributed by atoms with Crippen molar-refractivity contribution >= 4 is 0 Å². The fourth-order valence-electron chi connectivity index (χ4n) is 2.15. The highest BCUT2D eigenvalue weighted by Gasteiger charge is 1.80. The fraction of sp³-hybridized carbons (Fsp3) is 0.500. The second kappa shape index (κ2) is 21.4. The SMILES string of the molecule is CCC=CCC=CCC=CCC=CCC=CCC=CCCCCC. The molecule has 0 radical (unpaired) electrons. The van der Waals surface area contributed by atoms with E-state index in [4.69, 9.17) is 0 Å². The zero-order valence-corrected chi connectivity index (χ0v) is 16.0. The number of allylic oxidation sites excluding steroid dienone is 12. The van der Waals surface area contributed by atoms with Gasteiger partial charge in [0.1, 0.15) is 0 Å². The van der Waals surface area contributed by atoms with E-state index < -0.39 is 0 Å². The monoisotopic (exact) mass is 326 g/mol. The van der Waals surface area contributed by atoms with Crippen LogP contribution in [0.3, 0.4) is 0 Å². The maximum atomic E-state index is 2.31. The van der Waals surface area contributed by atoms with E-state index in [0.717, 1.165) is 38.5 Å². The summed E-state index contributed by atoms with van der Waals surface area (Å²) in [5, 5.41) is 0. The molecular formula is C24H38. The van der Waals surface area contributed by atoms with Crippen LogP contribution in [0.25, 0.3) is 0 Å². The Morgan fingerprint density at radius 2 is 0.792 bits per heavy atom. The molecule has 0 heteroatoms. The number of hydrogen-bond donors (Lipinski definition) is 0. The van der Waals surface area contributed by atoms with Crippen molar-refractivity contribution in [2.45, 2.75) is 78.1 Å². The highest BCUT2D eigenvalue weighted by molar-refractivity contribution is 5.01. The zero-order chi connectivity index (χ0) is 17.6. The lowest BCUT2D eigenvalue weighted by Gasteiger charge is -1.90. The minimum Gasteiger partial charge on any atom is -0.0885 e. The molecule has 0 fully saturated rings. The summed E-state index contributed by atoms with van der Waals surface area (Å²) in [5.41, 5.74) is 0. The van der Waals surface area contributed by atoms with Crippen LogP contribution >= 0.6 is 0 Å². The Kier molecular flexibility index (Phi) is 20.0. The lowest BCUT2D eigenvalue weighted by Crippen LogP contribution is -1.70. The van der Waals surface area contributed by atoms with Gasteiger partial charge in [-0.15, -0.1) is 0 Å². The van der Waals surface area contributed by atoms with Gasteiger partial charge in [-0.05, 0) is 51.4 Å². The molecule has 0 aliphatic rings. The second-order valence-corrected chi connectivity index (χ2v) is 5.91. The third kappa shape index (κ3) is 20.4. The van der Waals surface area contributed by atoms with E-state index >= 15 is 0 Å². The average Bonchev–Trinajstić information content (AvgIpc) is 2.60. The van der Waals surface area contributed by atoms with Crippen molar-refractivity contribution in [3.63, 3.8) is 0 Å². The van der Waals surface area contributed by atoms with E-state index in [9.17, 15) is 0 Å². The Labute approximate surface area is 151 Å². The molecule has 0 aromatic heterocycles. The summed E-state index contributed by atoms with van der Waals surface area (Å²) in [5.74, 6) is 0. The molecule has 0 saturated carbocycles. The minimum absolute atomic E-state index is 1.04. The minimum atomic E-state index is 1.04. The zero-order valence-electron chi connectivity index (χ0n) is 16.0. The van der Waals surface area contributed by atoms with Crippen molar-refractivity contribution in [1.82, 2.24) is 0 Å². The summed E-state index contributed by atoms with van der Waals surface area (Å²) in [6, 6.07) is 0. The fourth-order valence-corrected chi connectivity index (χ4v) is 2.15. The smallest absolute Gasteiger partial charge is 0.0169 e. The predicted octanol–water partition coefficient (Wildman–Crippen LogP) is 8.26. The largest absolute Gasteiger partial charge is 0.0885 e. The van der Waals surface area contributed by atoms with E-state index in [2.05, 4.69) is 86.8 Å². The van der Waals surface area contributed by atoms with Crippen LogP contribution in [0, 0.1) is 0 Å². The van der Waals surface area contributed by atoms with Crippen LogP contribution in [0.2, 0.25) is 0 Å². The Balaban J connectivity index is 3.46. The standard InChI is InChI=1S/C24H38/c1-3-5-7-9-11-13-15-17-19-21-23-24-22-20-18-16-14-12-10-8-6-4-2/h5,7,11-14,17-20,23-24H,3-4,6,8-10,15-16,21-22H2,1-2H3. The van der Waals surface area contributed by atoms with Crippen LogP contribution in [-0.4, -0.2) is 0 Å². The molecule has 24 heavy (non-hydrogen) atoms. The topological polar surface area (TPSA) is 0 Å². The maximum Gasteiger partial charge on any atom is -0.0169 e. The molecule has 0 N–H and O–H groups in total. The van der Waals surface area contributed by atoms with Gasteiger partial charge in [-0.2, -0.15) is 0 Å². The lowest BCUT2D eigenvalue weighted by molar-refractivity contribution is 0.728. The van der Waals surface area contributed by atoms with Gasteiger partial charge in [-0.25, -0.2) is 0 Å². The first kappa shape index (κ1) is 22.4. The van der Waals surface area contributed by atoms with Gasteiger partial charge in [0.05, 0.1) is 0 Å². The van der Waals surface area contributed by atoms with Gasteiger partial charge in [-0.1, -0.05) is 99.6 Å². The van der Waals surface area contributed by atoms with Gasteiger partial charge in [0.2, 0.25) is 0 Å². The van der Waals surface area contributed by atoms with E-state index in [0.29, 0.717) is 0 Å². The van der Waals surface area contributed by atoms with Gasteiger partial charge in [-0.3, -0.25) is 0 Å². The molecule has 0 nitrogen and oxygen atoms in total. The van der Waals surface area contributed by atoms with Crippen molar-refractivity contribution in [3.8, 4) is 0 Å². The normalized spacial score (nSPS) is 13.2. The van der Waals surface area contributed by atoms with Gasteiger partial charge in [0.25, 0.3) is 0 Å². The third-order valence-corrected chi connectivity index (χ3v) is 3.57. The average molecular weight is 327 g/mol. The molecule has 0 heterocycles. The molecule has 0 aliphatic heterocycles. The van der Waals surface area contributed by atoms with E-state index in [-0.39, 0.29) is 0 Å². The molecule has 0 atom stereocenters. The molecule has 134 valence electrons. The molecule has 0 unspecified atom stereocenters. The summed E-state index contributed by atoms with van der Waals surface area (Å²) in [6.07, 6.45) is 38.6. The molecule has 0 bridgehead atoms. The molecule has 0 spiro atoms.